The van der Waals surface area contributed by atoms with Gasteiger partial charge in [0.25, 0.3) is 11.8 Å². The van der Waals surface area contributed by atoms with E-state index in [0.717, 1.165) is 16.8 Å². The van der Waals surface area contributed by atoms with Crippen molar-refractivity contribution in [3.05, 3.63) is 87.9 Å². The molecule has 0 aliphatic carbocycles. The summed E-state index contributed by atoms with van der Waals surface area (Å²) < 4.78 is 11.3. The number of nitrogens with one attached hydrogen (secondary N) is 2. The van der Waals surface area contributed by atoms with Crippen molar-refractivity contribution >= 4 is 35.3 Å². The Hall–Kier alpha value is -3.84. The Balaban J connectivity index is 1.67. The first kappa shape index (κ1) is 24.8. The van der Waals surface area contributed by atoms with Crippen LogP contribution in [0.5, 0.6) is 11.5 Å². The Morgan fingerprint density at radius 2 is 1.79 bits per heavy atom. The van der Waals surface area contributed by atoms with E-state index in [-0.39, 0.29) is 29.2 Å². The van der Waals surface area contributed by atoms with Gasteiger partial charge in [-0.05, 0) is 67.8 Å². The van der Waals surface area contributed by atoms with Crippen LogP contribution < -0.4 is 20.2 Å². The monoisotopic (exact) mass is 479 g/mol. The molecule has 0 aromatic heterocycles. The van der Waals surface area contributed by atoms with Crippen LogP contribution in [0.3, 0.4) is 0 Å². The van der Waals surface area contributed by atoms with E-state index >= 15 is 0 Å². The zero-order valence-electron chi connectivity index (χ0n) is 19.2. The second kappa shape index (κ2) is 11.9. The molecule has 0 aliphatic heterocycles. The van der Waals surface area contributed by atoms with Crippen LogP contribution in [0.1, 0.15) is 34.0 Å². The van der Waals surface area contributed by atoms with Crippen molar-refractivity contribution in [2.24, 2.45) is 5.10 Å². The molecule has 3 aromatic carbocycles. The van der Waals surface area contributed by atoms with E-state index in [4.69, 9.17) is 21.1 Å². The number of carbonyl (C=O) groups excluding carboxylic acids is 2. The fourth-order valence-corrected chi connectivity index (χ4v) is 3.37. The highest BCUT2D eigenvalue weighted by Crippen LogP contribution is 2.36. The van der Waals surface area contributed by atoms with Gasteiger partial charge in [0.05, 0.1) is 17.8 Å². The van der Waals surface area contributed by atoms with Crippen LogP contribution in [0.15, 0.2) is 65.8 Å². The zero-order valence-corrected chi connectivity index (χ0v) is 20.0. The fourth-order valence-electron chi connectivity index (χ4n) is 3.10. The molecular weight excluding hydrogens is 454 g/mol. The lowest BCUT2D eigenvalue weighted by Gasteiger charge is -2.15. The highest BCUT2D eigenvalue weighted by atomic mass is 35.5. The van der Waals surface area contributed by atoms with E-state index < -0.39 is 0 Å². The summed E-state index contributed by atoms with van der Waals surface area (Å²) >= 11 is 6.41. The number of hydrogen-bond donors (Lipinski definition) is 2. The quantitative estimate of drug-likeness (QED) is 0.328. The van der Waals surface area contributed by atoms with Crippen LogP contribution >= 0.6 is 11.6 Å². The molecule has 7 nitrogen and oxygen atoms in total. The standard InChI is InChI=1S/C26H26ClN3O4/c1-4-33-23-14-19(15-28-30-26(32)20-10-6-5-7-11-20)13-21(27)25(23)34-16-24(31)29-22-12-8-9-17(2)18(22)3/h5-15H,4,16H2,1-3H3,(H,29,31)(H,30,32)/b28-15+. The Morgan fingerprint density at radius 1 is 1.03 bits per heavy atom. The second-order valence-electron chi connectivity index (χ2n) is 7.41. The third kappa shape index (κ3) is 6.59. The Labute approximate surface area is 203 Å². The average molecular weight is 480 g/mol. The number of amides is 2. The number of benzene rings is 3. The summed E-state index contributed by atoms with van der Waals surface area (Å²) in [4.78, 5) is 24.5. The third-order valence-corrected chi connectivity index (χ3v) is 5.25. The fraction of sp³-hybridized carbons (Fsp3) is 0.192. The number of halogens is 1. The van der Waals surface area contributed by atoms with E-state index in [1.807, 2.05) is 45.0 Å². The maximum atomic E-state index is 12.4. The Morgan fingerprint density at radius 3 is 2.53 bits per heavy atom. The zero-order chi connectivity index (χ0) is 24.5. The van der Waals surface area contributed by atoms with Gasteiger partial charge in [-0.15, -0.1) is 0 Å². The van der Waals surface area contributed by atoms with Crippen LogP contribution in [-0.2, 0) is 4.79 Å². The first-order valence-electron chi connectivity index (χ1n) is 10.7. The number of hydrazone groups is 1. The smallest absolute Gasteiger partial charge is 0.271 e. The lowest BCUT2D eigenvalue weighted by atomic mass is 10.1. The van der Waals surface area contributed by atoms with Crippen LogP contribution in [0.2, 0.25) is 5.02 Å². The molecule has 0 fully saturated rings. The van der Waals surface area contributed by atoms with Gasteiger partial charge in [0.2, 0.25) is 0 Å². The number of rotatable bonds is 9. The van der Waals surface area contributed by atoms with Gasteiger partial charge in [-0.3, -0.25) is 9.59 Å². The normalized spacial score (nSPS) is 10.7. The summed E-state index contributed by atoms with van der Waals surface area (Å²) in [7, 11) is 0. The van der Waals surface area contributed by atoms with Gasteiger partial charge in [-0.25, -0.2) is 5.43 Å². The highest BCUT2D eigenvalue weighted by molar-refractivity contribution is 6.32. The second-order valence-corrected chi connectivity index (χ2v) is 7.82. The van der Waals surface area contributed by atoms with Crippen molar-refractivity contribution in [2.45, 2.75) is 20.8 Å². The van der Waals surface area contributed by atoms with Gasteiger partial charge < -0.3 is 14.8 Å². The molecule has 0 atom stereocenters. The maximum Gasteiger partial charge on any atom is 0.271 e. The molecular formula is C26H26ClN3O4. The average Bonchev–Trinajstić information content (AvgIpc) is 2.82. The lowest BCUT2D eigenvalue weighted by Crippen LogP contribution is -2.21. The minimum atomic E-state index is -0.331. The minimum Gasteiger partial charge on any atom is -0.490 e. The molecule has 0 saturated heterocycles. The van der Waals surface area contributed by atoms with Crippen LogP contribution in [-0.4, -0.2) is 31.2 Å². The van der Waals surface area contributed by atoms with Crippen molar-refractivity contribution in [1.29, 1.82) is 0 Å². The maximum absolute atomic E-state index is 12.4. The largest absolute Gasteiger partial charge is 0.490 e. The predicted molar refractivity (Wildman–Crippen MR) is 134 cm³/mol. The van der Waals surface area contributed by atoms with Crippen molar-refractivity contribution in [3.63, 3.8) is 0 Å². The molecule has 2 amide bonds. The molecule has 0 unspecified atom stereocenters. The molecule has 0 radical (unpaired) electrons. The Kier molecular flexibility index (Phi) is 8.65. The Bertz CT molecular complexity index is 1200. The molecule has 2 N–H and O–H groups in total. The molecule has 0 heterocycles. The van der Waals surface area contributed by atoms with Gasteiger partial charge in [-0.1, -0.05) is 41.9 Å². The van der Waals surface area contributed by atoms with Crippen molar-refractivity contribution in [3.8, 4) is 11.5 Å². The van der Waals surface area contributed by atoms with E-state index in [9.17, 15) is 9.59 Å². The predicted octanol–water partition coefficient (Wildman–Crippen LogP) is 5.14. The number of aryl methyl sites for hydroxylation is 1. The van der Waals surface area contributed by atoms with E-state index in [0.29, 0.717) is 23.5 Å². The topological polar surface area (TPSA) is 89.0 Å². The van der Waals surface area contributed by atoms with Crippen molar-refractivity contribution in [1.82, 2.24) is 5.43 Å². The molecule has 3 aromatic rings. The molecule has 0 aliphatic rings. The number of nitrogens with zero attached hydrogens (tertiary/aromatic N) is 1. The summed E-state index contributed by atoms with van der Waals surface area (Å²) in [5.41, 5.74) is 6.36. The summed E-state index contributed by atoms with van der Waals surface area (Å²) in [6, 6.07) is 17.7. The summed E-state index contributed by atoms with van der Waals surface area (Å²) in [5, 5.41) is 7.08. The molecule has 0 bridgehead atoms. The molecule has 34 heavy (non-hydrogen) atoms. The van der Waals surface area contributed by atoms with Crippen molar-refractivity contribution < 1.29 is 19.1 Å². The van der Waals surface area contributed by atoms with Crippen LogP contribution in [0, 0.1) is 13.8 Å². The van der Waals surface area contributed by atoms with Gasteiger partial charge in [0.15, 0.2) is 18.1 Å². The summed E-state index contributed by atoms with van der Waals surface area (Å²) in [6.07, 6.45) is 1.45. The van der Waals surface area contributed by atoms with Gasteiger partial charge in [-0.2, -0.15) is 5.10 Å². The molecule has 8 heteroatoms. The molecule has 3 rings (SSSR count). The number of ether oxygens (including phenoxy) is 2. The van der Waals surface area contributed by atoms with Crippen molar-refractivity contribution in [2.75, 3.05) is 18.5 Å². The summed E-state index contributed by atoms with van der Waals surface area (Å²) in [5.74, 6) is -0.0280. The van der Waals surface area contributed by atoms with Gasteiger partial charge in [0, 0.05) is 11.3 Å². The van der Waals surface area contributed by atoms with Gasteiger partial charge >= 0.3 is 0 Å². The van der Waals surface area contributed by atoms with E-state index in [1.165, 1.54) is 6.21 Å². The van der Waals surface area contributed by atoms with E-state index in [1.54, 1.807) is 36.4 Å². The molecule has 176 valence electrons. The third-order valence-electron chi connectivity index (χ3n) is 4.97. The SMILES string of the molecule is CCOc1cc(/C=N/NC(=O)c2ccccc2)cc(Cl)c1OCC(=O)Nc1cccc(C)c1C. The van der Waals surface area contributed by atoms with Gasteiger partial charge in [0.1, 0.15) is 0 Å². The lowest BCUT2D eigenvalue weighted by molar-refractivity contribution is -0.118. The first-order chi connectivity index (χ1) is 16.4. The molecule has 0 spiro atoms. The van der Waals surface area contributed by atoms with Crippen LogP contribution in [0.25, 0.3) is 0 Å². The number of carbonyl (C=O) groups is 2. The molecule has 0 saturated carbocycles. The van der Waals surface area contributed by atoms with Crippen LogP contribution in [0.4, 0.5) is 5.69 Å². The highest BCUT2D eigenvalue weighted by Gasteiger charge is 2.15. The number of hydrogen-bond acceptors (Lipinski definition) is 5. The summed E-state index contributed by atoms with van der Waals surface area (Å²) in [6.45, 7) is 5.87. The number of anilines is 1. The van der Waals surface area contributed by atoms with E-state index in [2.05, 4.69) is 15.8 Å². The minimum absolute atomic E-state index is 0.242. The first-order valence-corrected chi connectivity index (χ1v) is 11.1.